The van der Waals surface area contributed by atoms with Gasteiger partial charge in [-0.15, -0.1) is 0 Å². The van der Waals surface area contributed by atoms with Gasteiger partial charge in [-0.25, -0.2) is 0 Å². The minimum absolute atomic E-state index is 0.0693. The number of aliphatic hydroxyl groups is 1. The number of likely N-dealkylation sites (tertiary alicyclic amines) is 1. The van der Waals surface area contributed by atoms with Gasteiger partial charge in [0.15, 0.2) is 0 Å². The molecule has 4 rings (SSSR count). The van der Waals surface area contributed by atoms with Crippen molar-refractivity contribution in [3.63, 3.8) is 0 Å². The van der Waals surface area contributed by atoms with Crippen molar-refractivity contribution in [3.05, 3.63) is 48.8 Å². The number of carbonyl (C=O) groups excluding carboxylic acids is 1. The summed E-state index contributed by atoms with van der Waals surface area (Å²) in [6, 6.07) is 11.7. The number of rotatable bonds is 4. The van der Waals surface area contributed by atoms with Crippen LogP contribution in [0.1, 0.15) is 12.8 Å². The van der Waals surface area contributed by atoms with E-state index in [0.29, 0.717) is 25.9 Å². The molecule has 3 heterocycles. The smallest absolute Gasteiger partial charge is 0.242 e. The lowest BCUT2D eigenvalue weighted by Gasteiger charge is -2.29. The van der Waals surface area contributed by atoms with Crippen LogP contribution in [0, 0.1) is 0 Å². The Morgan fingerprint density at radius 3 is 2.85 bits per heavy atom. The average Bonchev–Trinajstić information content (AvgIpc) is 3.11. The van der Waals surface area contributed by atoms with Gasteiger partial charge in [-0.2, -0.15) is 0 Å². The van der Waals surface area contributed by atoms with Crippen molar-refractivity contribution in [1.29, 1.82) is 0 Å². The molecule has 6 heteroatoms. The molecule has 3 aromatic rings. The van der Waals surface area contributed by atoms with Gasteiger partial charge >= 0.3 is 0 Å². The molecular weight excluding hydrogens is 342 g/mol. The number of ether oxygens (including phenoxy) is 1. The first-order valence-electron chi connectivity index (χ1n) is 9.20. The molecular formula is C21H23N3O3. The molecule has 1 aliphatic heterocycles. The number of hydrogen-bond donors (Lipinski definition) is 1. The Balaban J connectivity index is 1.67. The molecule has 2 aromatic heterocycles. The van der Waals surface area contributed by atoms with Crippen LogP contribution in [0.2, 0.25) is 0 Å². The molecule has 1 amide bonds. The molecule has 1 fully saturated rings. The van der Waals surface area contributed by atoms with Gasteiger partial charge in [-0.05, 0) is 37.1 Å². The fraction of sp³-hybridized carbons (Fsp3) is 0.333. The van der Waals surface area contributed by atoms with Gasteiger partial charge in [0.05, 0.1) is 24.4 Å². The van der Waals surface area contributed by atoms with Crippen molar-refractivity contribution >= 4 is 16.8 Å². The molecule has 0 spiro atoms. The highest BCUT2D eigenvalue weighted by molar-refractivity contribution is 5.93. The summed E-state index contributed by atoms with van der Waals surface area (Å²) in [6.07, 6.45) is 4.73. The van der Waals surface area contributed by atoms with Crippen LogP contribution in [-0.2, 0) is 11.3 Å². The maximum atomic E-state index is 12.7. The molecule has 1 saturated heterocycles. The van der Waals surface area contributed by atoms with E-state index in [0.717, 1.165) is 27.9 Å². The molecule has 0 bridgehead atoms. The molecule has 0 radical (unpaired) electrons. The Labute approximate surface area is 158 Å². The lowest BCUT2D eigenvalue weighted by atomic mass is 10.1. The van der Waals surface area contributed by atoms with Gasteiger partial charge in [0, 0.05) is 36.4 Å². The zero-order valence-corrected chi connectivity index (χ0v) is 15.3. The molecule has 6 nitrogen and oxygen atoms in total. The molecule has 0 unspecified atom stereocenters. The molecule has 0 saturated carbocycles. The van der Waals surface area contributed by atoms with E-state index in [1.165, 1.54) is 0 Å². The Morgan fingerprint density at radius 2 is 2.07 bits per heavy atom. The number of hydrogen-bond acceptors (Lipinski definition) is 4. The van der Waals surface area contributed by atoms with Crippen LogP contribution >= 0.6 is 0 Å². The summed E-state index contributed by atoms with van der Waals surface area (Å²) in [5.74, 6) is 0.840. The summed E-state index contributed by atoms with van der Waals surface area (Å²) in [6.45, 7) is 1.49. The SMILES string of the molecule is COc1cccc(-c2nccc3ccn(CC(=O)N4CCC(O)CC4)c23)c1. The number of piperidine rings is 1. The lowest BCUT2D eigenvalue weighted by Crippen LogP contribution is -2.41. The van der Waals surface area contributed by atoms with E-state index < -0.39 is 0 Å². The second kappa shape index (κ2) is 7.40. The van der Waals surface area contributed by atoms with E-state index in [-0.39, 0.29) is 18.6 Å². The molecule has 1 aromatic carbocycles. The summed E-state index contributed by atoms with van der Waals surface area (Å²) in [7, 11) is 1.64. The quantitative estimate of drug-likeness (QED) is 0.772. The fourth-order valence-electron chi connectivity index (χ4n) is 3.62. The molecule has 0 atom stereocenters. The van der Waals surface area contributed by atoms with Gasteiger partial charge < -0.3 is 19.3 Å². The van der Waals surface area contributed by atoms with E-state index in [9.17, 15) is 9.90 Å². The van der Waals surface area contributed by atoms with Crippen molar-refractivity contribution < 1.29 is 14.6 Å². The first kappa shape index (κ1) is 17.5. The van der Waals surface area contributed by atoms with Gasteiger partial charge in [0.2, 0.25) is 5.91 Å². The number of carbonyl (C=O) groups is 1. The average molecular weight is 365 g/mol. The first-order chi connectivity index (χ1) is 13.2. The van der Waals surface area contributed by atoms with Gasteiger partial charge in [0.1, 0.15) is 12.3 Å². The monoisotopic (exact) mass is 365 g/mol. The molecule has 27 heavy (non-hydrogen) atoms. The normalized spacial score (nSPS) is 15.3. The number of benzene rings is 1. The van der Waals surface area contributed by atoms with Crippen LogP contribution in [-0.4, -0.2) is 51.8 Å². The van der Waals surface area contributed by atoms with Gasteiger partial charge in [-0.3, -0.25) is 9.78 Å². The Kier molecular flexibility index (Phi) is 4.81. The number of pyridine rings is 1. The van der Waals surface area contributed by atoms with E-state index in [1.807, 2.05) is 52.1 Å². The van der Waals surface area contributed by atoms with Gasteiger partial charge in [0.25, 0.3) is 0 Å². The standard InChI is InChI=1S/C21H23N3O3/c1-27-18-4-2-3-16(13-18)20-21-15(5-9-22-20)6-10-24(21)14-19(26)23-11-7-17(25)8-12-23/h2-6,9-10,13,17,25H,7-8,11-12,14H2,1H3. The Hall–Kier alpha value is -2.86. The minimum Gasteiger partial charge on any atom is -0.497 e. The lowest BCUT2D eigenvalue weighted by molar-refractivity contribution is -0.133. The highest BCUT2D eigenvalue weighted by Crippen LogP contribution is 2.29. The van der Waals surface area contributed by atoms with Gasteiger partial charge in [-0.1, -0.05) is 12.1 Å². The maximum Gasteiger partial charge on any atom is 0.242 e. The zero-order chi connectivity index (χ0) is 18.8. The number of fused-ring (bicyclic) bond motifs is 1. The van der Waals surface area contributed by atoms with E-state index in [4.69, 9.17) is 4.74 Å². The highest BCUT2D eigenvalue weighted by atomic mass is 16.5. The highest BCUT2D eigenvalue weighted by Gasteiger charge is 2.22. The molecule has 1 aliphatic rings. The molecule has 1 N–H and O–H groups in total. The summed E-state index contributed by atoms with van der Waals surface area (Å²) in [5, 5.41) is 10.7. The topological polar surface area (TPSA) is 67.6 Å². The summed E-state index contributed by atoms with van der Waals surface area (Å²) >= 11 is 0. The summed E-state index contributed by atoms with van der Waals surface area (Å²) in [5.41, 5.74) is 2.72. The third-order valence-electron chi connectivity index (χ3n) is 5.14. The number of methoxy groups -OCH3 is 1. The predicted molar refractivity (Wildman–Crippen MR) is 104 cm³/mol. The fourth-order valence-corrected chi connectivity index (χ4v) is 3.62. The predicted octanol–water partition coefficient (Wildman–Crippen LogP) is 2.70. The van der Waals surface area contributed by atoms with Crippen LogP contribution < -0.4 is 4.74 Å². The van der Waals surface area contributed by atoms with Crippen LogP contribution in [0.5, 0.6) is 5.75 Å². The van der Waals surface area contributed by atoms with Crippen molar-refractivity contribution in [2.75, 3.05) is 20.2 Å². The summed E-state index contributed by atoms with van der Waals surface area (Å²) < 4.78 is 7.30. The van der Waals surface area contributed by atoms with E-state index in [1.54, 1.807) is 13.3 Å². The third-order valence-corrected chi connectivity index (χ3v) is 5.14. The van der Waals surface area contributed by atoms with Crippen LogP contribution in [0.25, 0.3) is 22.2 Å². The van der Waals surface area contributed by atoms with Crippen LogP contribution in [0.4, 0.5) is 0 Å². The second-order valence-corrected chi connectivity index (χ2v) is 6.88. The van der Waals surface area contributed by atoms with Crippen LogP contribution in [0.15, 0.2) is 48.8 Å². The van der Waals surface area contributed by atoms with Crippen molar-refractivity contribution in [2.45, 2.75) is 25.5 Å². The van der Waals surface area contributed by atoms with Crippen LogP contribution in [0.3, 0.4) is 0 Å². The molecule has 140 valence electrons. The largest absolute Gasteiger partial charge is 0.497 e. The van der Waals surface area contributed by atoms with E-state index >= 15 is 0 Å². The van der Waals surface area contributed by atoms with Crippen molar-refractivity contribution in [3.8, 4) is 17.0 Å². The first-order valence-corrected chi connectivity index (χ1v) is 9.20. The van der Waals surface area contributed by atoms with Crippen molar-refractivity contribution in [2.24, 2.45) is 0 Å². The molecule has 0 aliphatic carbocycles. The minimum atomic E-state index is -0.287. The second-order valence-electron chi connectivity index (χ2n) is 6.88. The number of aliphatic hydroxyl groups excluding tert-OH is 1. The Morgan fingerprint density at radius 1 is 1.26 bits per heavy atom. The maximum absolute atomic E-state index is 12.7. The number of aromatic nitrogens is 2. The Bertz CT molecular complexity index is 958. The summed E-state index contributed by atoms with van der Waals surface area (Å²) in [4.78, 5) is 19.2. The van der Waals surface area contributed by atoms with Crippen molar-refractivity contribution in [1.82, 2.24) is 14.5 Å². The number of amides is 1. The van der Waals surface area contributed by atoms with E-state index in [2.05, 4.69) is 4.98 Å². The zero-order valence-electron chi connectivity index (χ0n) is 15.3. The number of nitrogens with zero attached hydrogens (tertiary/aromatic N) is 3. The third kappa shape index (κ3) is 3.53.